The van der Waals surface area contributed by atoms with E-state index in [1.807, 2.05) is 13.8 Å². The molecule has 0 aromatic heterocycles. The van der Waals surface area contributed by atoms with Crippen molar-refractivity contribution in [3.05, 3.63) is 0 Å². The molecule has 0 bridgehead atoms. The molecular formula is C12H21N3O3. The summed E-state index contributed by atoms with van der Waals surface area (Å²) in [5.74, 6) is -0.700. The Morgan fingerprint density at radius 2 is 2.00 bits per heavy atom. The lowest BCUT2D eigenvalue weighted by atomic mass is 9.90. The Hall–Kier alpha value is -1.61. The highest BCUT2D eigenvalue weighted by Gasteiger charge is 2.30. The maximum Gasteiger partial charge on any atom is 0.319 e. The highest BCUT2D eigenvalue weighted by Crippen LogP contribution is 2.14. The summed E-state index contributed by atoms with van der Waals surface area (Å²) < 4.78 is 4.50. The van der Waals surface area contributed by atoms with Crippen LogP contribution in [0.2, 0.25) is 0 Å². The number of nitrogens with zero attached hydrogens (tertiary/aromatic N) is 2. The predicted octanol–water partition coefficient (Wildman–Crippen LogP) is 0.146. The number of ether oxygens (including phenoxy) is 1. The summed E-state index contributed by atoms with van der Waals surface area (Å²) in [6.07, 6.45) is 0. The second-order valence-corrected chi connectivity index (χ2v) is 4.77. The fourth-order valence-electron chi connectivity index (χ4n) is 1.22. The first-order valence-corrected chi connectivity index (χ1v) is 5.72. The minimum Gasteiger partial charge on any atom is -0.468 e. The van der Waals surface area contributed by atoms with Crippen LogP contribution < -0.4 is 5.32 Å². The number of nitrogens with one attached hydrogen (secondary N) is 1. The monoisotopic (exact) mass is 255 g/mol. The minimum absolute atomic E-state index is 0.00244. The lowest BCUT2D eigenvalue weighted by Crippen LogP contribution is -2.51. The van der Waals surface area contributed by atoms with E-state index in [4.69, 9.17) is 5.26 Å². The Morgan fingerprint density at radius 1 is 1.44 bits per heavy atom. The van der Waals surface area contributed by atoms with Crippen molar-refractivity contribution < 1.29 is 14.3 Å². The third kappa shape index (κ3) is 5.15. The van der Waals surface area contributed by atoms with Crippen molar-refractivity contribution in [1.29, 1.82) is 5.26 Å². The van der Waals surface area contributed by atoms with E-state index in [-0.39, 0.29) is 24.9 Å². The predicted molar refractivity (Wildman–Crippen MR) is 66.5 cm³/mol. The number of hydrogen-bond acceptors (Lipinski definition) is 5. The van der Waals surface area contributed by atoms with Crippen molar-refractivity contribution in [2.24, 2.45) is 5.92 Å². The fraction of sp³-hybridized carbons (Fsp3) is 0.750. The van der Waals surface area contributed by atoms with Gasteiger partial charge < -0.3 is 10.1 Å². The molecule has 0 aliphatic heterocycles. The highest BCUT2D eigenvalue weighted by atomic mass is 16.5. The molecule has 6 heteroatoms. The Balaban J connectivity index is 4.35. The van der Waals surface area contributed by atoms with Gasteiger partial charge in [-0.15, -0.1) is 0 Å². The van der Waals surface area contributed by atoms with E-state index in [0.717, 1.165) is 0 Å². The van der Waals surface area contributed by atoms with Crippen molar-refractivity contribution in [3.63, 3.8) is 0 Å². The molecule has 18 heavy (non-hydrogen) atoms. The molecule has 0 aromatic rings. The molecule has 0 fully saturated rings. The molecule has 0 spiro atoms. The van der Waals surface area contributed by atoms with Crippen LogP contribution in [0.15, 0.2) is 0 Å². The number of carbonyl (C=O) groups excluding carboxylic acids is 2. The van der Waals surface area contributed by atoms with Gasteiger partial charge in [0, 0.05) is 0 Å². The van der Waals surface area contributed by atoms with Crippen LogP contribution in [0.4, 0.5) is 0 Å². The first-order valence-electron chi connectivity index (χ1n) is 5.72. The van der Waals surface area contributed by atoms with Gasteiger partial charge in [0.2, 0.25) is 5.91 Å². The standard InChI is InChI=1S/C12H21N3O3/c1-9(2)12(3,8-13)14-10(16)6-15(4)7-11(17)18-5/h9H,6-7H2,1-5H3,(H,14,16). The molecule has 0 saturated carbocycles. The van der Waals surface area contributed by atoms with Gasteiger partial charge in [-0.2, -0.15) is 5.26 Å². The van der Waals surface area contributed by atoms with Gasteiger partial charge in [0.25, 0.3) is 0 Å². The largest absolute Gasteiger partial charge is 0.468 e. The van der Waals surface area contributed by atoms with E-state index in [2.05, 4.69) is 16.1 Å². The zero-order chi connectivity index (χ0) is 14.3. The Morgan fingerprint density at radius 3 is 2.39 bits per heavy atom. The van der Waals surface area contributed by atoms with E-state index < -0.39 is 11.5 Å². The second-order valence-electron chi connectivity index (χ2n) is 4.77. The molecule has 1 atom stereocenters. The average Bonchev–Trinajstić information content (AvgIpc) is 2.27. The average molecular weight is 255 g/mol. The maximum atomic E-state index is 11.7. The van der Waals surface area contributed by atoms with Crippen LogP contribution in [-0.2, 0) is 14.3 Å². The molecule has 0 radical (unpaired) electrons. The molecule has 0 aliphatic rings. The molecule has 0 heterocycles. The number of rotatable bonds is 6. The third-order valence-corrected chi connectivity index (χ3v) is 2.83. The summed E-state index contributed by atoms with van der Waals surface area (Å²) >= 11 is 0. The van der Waals surface area contributed by atoms with E-state index in [1.54, 1.807) is 14.0 Å². The topological polar surface area (TPSA) is 82.4 Å². The van der Waals surface area contributed by atoms with E-state index in [9.17, 15) is 9.59 Å². The van der Waals surface area contributed by atoms with Gasteiger partial charge in [-0.1, -0.05) is 13.8 Å². The molecule has 1 N–H and O–H groups in total. The number of amides is 1. The summed E-state index contributed by atoms with van der Waals surface area (Å²) in [6.45, 7) is 5.48. The summed E-state index contributed by atoms with van der Waals surface area (Å²) in [4.78, 5) is 24.3. The molecule has 0 aromatic carbocycles. The molecular weight excluding hydrogens is 234 g/mol. The number of methoxy groups -OCH3 is 1. The molecule has 0 aliphatic carbocycles. The summed E-state index contributed by atoms with van der Waals surface area (Å²) in [6, 6.07) is 2.09. The lowest BCUT2D eigenvalue weighted by molar-refractivity contribution is -0.141. The van der Waals surface area contributed by atoms with Crippen LogP contribution in [0, 0.1) is 17.2 Å². The SMILES string of the molecule is COC(=O)CN(C)CC(=O)NC(C)(C#N)C(C)C. The summed E-state index contributed by atoms with van der Waals surface area (Å²) in [5, 5.41) is 11.7. The van der Waals surface area contributed by atoms with E-state index in [0.29, 0.717) is 0 Å². The maximum absolute atomic E-state index is 11.7. The first kappa shape index (κ1) is 16.4. The van der Waals surface area contributed by atoms with Gasteiger partial charge in [-0.3, -0.25) is 14.5 Å². The zero-order valence-electron chi connectivity index (χ0n) is 11.6. The zero-order valence-corrected chi connectivity index (χ0v) is 11.6. The van der Waals surface area contributed by atoms with Crippen molar-refractivity contribution in [2.45, 2.75) is 26.3 Å². The van der Waals surface area contributed by atoms with Crippen LogP contribution in [0.5, 0.6) is 0 Å². The van der Waals surface area contributed by atoms with Crippen LogP contribution in [0.1, 0.15) is 20.8 Å². The summed E-state index contributed by atoms with van der Waals surface area (Å²) in [5.41, 5.74) is -0.900. The number of hydrogen-bond donors (Lipinski definition) is 1. The molecule has 0 rings (SSSR count). The normalized spacial score (nSPS) is 13.9. The van der Waals surface area contributed by atoms with Gasteiger partial charge in [0.1, 0.15) is 5.54 Å². The Kier molecular flexibility index (Phi) is 6.34. The molecule has 6 nitrogen and oxygen atoms in total. The number of likely N-dealkylation sites (N-methyl/N-ethyl adjacent to an activating group) is 1. The number of carbonyl (C=O) groups is 2. The lowest BCUT2D eigenvalue weighted by Gasteiger charge is -2.28. The summed E-state index contributed by atoms with van der Waals surface area (Å²) in [7, 11) is 2.93. The smallest absolute Gasteiger partial charge is 0.319 e. The highest BCUT2D eigenvalue weighted by molar-refractivity contribution is 5.80. The van der Waals surface area contributed by atoms with E-state index >= 15 is 0 Å². The van der Waals surface area contributed by atoms with Gasteiger partial charge in [-0.25, -0.2) is 0 Å². The van der Waals surface area contributed by atoms with Gasteiger partial charge in [0.05, 0.1) is 26.3 Å². The molecule has 1 amide bonds. The number of esters is 1. The van der Waals surface area contributed by atoms with E-state index in [1.165, 1.54) is 12.0 Å². The third-order valence-electron chi connectivity index (χ3n) is 2.83. The van der Waals surface area contributed by atoms with Crippen molar-refractivity contribution in [2.75, 3.05) is 27.2 Å². The fourth-order valence-corrected chi connectivity index (χ4v) is 1.22. The van der Waals surface area contributed by atoms with Gasteiger partial charge >= 0.3 is 5.97 Å². The van der Waals surface area contributed by atoms with Crippen LogP contribution in [0.3, 0.4) is 0 Å². The molecule has 0 saturated heterocycles. The van der Waals surface area contributed by atoms with Crippen molar-refractivity contribution >= 4 is 11.9 Å². The Labute approximate surface area is 108 Å². The van der Waals surface area contributed by atoms with Crippen LogP contribution in [0.25, 0.3) is 0 Å². The Bertz CT molecular complexity index is 349. The van der Waals surface area contributed by atoms with Crippen LogP contribution >= 0.6 is 0 Å². The van der Waals surface area contributed by atoms with Crippen LogP contribution in [-0.4, -0.2) is 49.6 Å². The van der Waals surface area contributed by atoms with Gasteiger partial charge in [-0.05, 0) is 19.9 Å². The second kappa shape index (κ2) is 6.97. The molecule has 1 unspecified atom stereocenters. The van der Waals surface area contributed by atoms with Gasteiger partial charge in [0.15, 0.2) is 0 Å². The minimum atomic E-state index is -0.900. The van der Waals surface area contributed by atoms with Crippen molar-refractivity contribution in [3.8, 4) is 6.07 Å². The first-order chi connectivity index (χ1) is 8.25. The van der Waals surface area contributed by atoms with Crippen molar-refractivity contribution in [1.82, 2.24) is 10.2 Å². The number of nitriles is 1. The quantitative estimate of drug-likeness (QED) is 0.683. The molecule has 102 valence electrons.